The van der Waals surface area contributed by atoms with Crippen molar-refractivity contribution in [1.82, 2.24) is 20.2 Å². The lowest BCUT2D eigenvalue weighted by atomic mass is 9.87. The number of hydrogen-bond donors (Lipinski definition) is 1. The van der Waals surface area contributed by atoms with Gasteiger partial charge >= 0.3 is 0 Å². The Morgan fingerprint density at radius 2 is 2.19 bits per heavy atom. The van der Waals surface area contributed by atoms with Gasteiger partial charge in [0.15, 0.2) is 11.6 Å². The topological polar surface area (TPSA) is 61.4 Å². The molecule has 3 saturated heterocycles. The van der Waals surface area contributed by atoms with E-state index in [0.717, 1.165) is 11.3 Å². The first-order valence-electron chi connectivity index (χ1n) is 8.94. The molecule has 0 radical (unpaired) electrons. The van der Waals surface area contributed by atoms with E-state index in [4.69, 9.17) is 0 Å². The average Bonchev–Trinajstić information content (AvgIpc) is 3.18. The molecular formula is C18H22FN5OS. The van der Waals surface area contributed by atoms with Crippen LogP contribution in [0.3, 0.4) is 0 Å². The first-order valence-corrected chi connectivity index (χ1v) is 9.82. The largest absolute Gasteiger partial charge is 0.351 e. The molecule has 0 saturated carbocycles. The van der Waals surface area contributed by atoms with Crippen LogP contribution in [0.5, 0.6) is 0 Å². The quantitative estimate of drug-likeness (QED) is 0.835. The molecule has 6 nitrogen and oxygen atoms in total. The predicted molar refractivity (Wildman–Crippen MR) is 98.6 cm³/mol. The highest BCUT2D eigenvalue weighted by atomic mass is 32.1. The third-order valence-electron chi connectivity index (χ3n) is 5.19. The lowest BCUT2D eigenvalue weighted by Gasteiger charge is -2.56. The third kappa shape index (κ3) is 3.31. The summed E-state index contributed by atoms with van der Waals surface area (Å²) in [6.07, 6.45) is 3.05. The van der Waals surface area contributed by atoms with Gasteiger partial charge in [-0.2, -0.15) is 0 Å². The molecule has 2 bridgehead atoms. The van der Waals surface area contributed by atoms with Gasteiger partial charge in [-0.15, -0.1) is 11.3 Å². The number of nitrogens with one attached hydrogen (secondary N) is 1. The fourth-order valence-electron chi connectivity index (χ4n) is 3.80. The second-order valence-corrected chi connectivity index (χ2v) is 7.82. The van der Waals surface area contributed by atoms with E-state index in [0.29, 0.717) is 44.1 Å². The summed E-state index contributed by atoms with van der Waals surface area (Å²) in [6, 6.07) is 4.56. The van der Waals surface area contributed by atoms with Crippen molar-refractivity contribution < 1.29 is 9.18 Å². The summed E-state index contributed by atoms with van der Waals surface area (Å²) in [5.41, 5.74) is 0.457. The molecule has 2 aromatic heterocycles. The highest BCUT2D eigenvalue weighted by Crippen LogP contribution is 2.34. The van der Waals surface area contributed by atoms with E-state index in [9.17, 15) is 9.18 Å². The third-order valence-corrected chi connectivity index (χ3v) is 6.06. The Bertz CT molecular complexity index is 772. The summed E-state index contributed by atoms with van der Waals surface area (Å²) in [5.74, 6) is 0.132. The lowest BCUT2D eigenvalue weighted by molar-refractivity contribution is -0.127. The molecule has 8 heteroatoms. The minimum Gasteiger partial charge on any atom is -0.351 e. The Balaban J connectivity index is 1.33. The fourth-order valence-corrected chi connectivity index (χ4v) is 4.45. The number of carbonyl (C=O) groups excluding carboxylic acids is 1. The van der Waals surface area contributed by atoms with Crippen LogP contribution in [-0.4, -0.2) is 52.5 Å². The molecule has 2 atom stereocenters. The van der Waals surface area contributed by atoms with Crippen molar-refractivity contribution in [1.29, 1.82) is 0 Å². The van der Waals surface area contributed by atoms with Gasteiger partial charge in [0.05, 0.1) is 18.8 Å². The molecule has 1 amide bonds. The summed E-state index contributed by atoms with van der Waals surface area (Å²) in [7, 11) is 0. The number of hydrogen-bond acceptors (Lipinski definition) is 6. The van der Waals surface area contributed by atoms with Crippen LogP contribution in [0.15, 0.2) is 23.8 Å². The zero-order chi connectivity index (χ0) is 18.1. The molecule has 5 rings (SSSR count). The SMILES string of the molecule is CCc1ncnc(N2CC3CC(C2)N3CC(=O)NCc2cccs2)c1F. The van der Waals surface area contributed by atoms with Crippen molar-refractivity contribution in [2.45, 2.75) is 38.4 Å². The Labute approximate surface area is 156 Å². The smallest absolute Gasteiger partial charge is 0.234 e. The van der Waals surface area contributed by atoms with Crippen LogP contribution in [0.4, 0.5) is 10.2 Å². The highest BCUT2D eigenvalue weighted by Gasteiger charge is 2.46. The van der Waals surface area contributed by atoms with Crippen LogP contribution < -0.4 is 10.2 Å². The van der Waals surface area contributed by atoms with E-state index in [1.165, 1.54) is 6.33 Å². The molecule has 26 heavy (non-hydrogen) atoms. The number of halogens is 1. The van der Waals surface area contributed by atoms with E-state index < -0.39 is 0 Å². The molecule has 2 aromatic rings. The minimum atomic E-state index is -0.309. The standard InChI is InChI=1S/C18H22FN5OS/c1-2-15-17(19)18(22-11-21-15)23-8-12-6-13(9-23)24(12)10-16(25)20-7-14-4-3-5-26-14/h3-5,11-13H,2,6-10H2,1H3,(H,20,25). The van der Waals surface area contributed by atoms with Crippen molar-refractivity contribution in [2.24, 2.45) is 0 Å². The summed E-state index contributed by atoms with van der Waals surface area (Å²) < 4.78 is 14.5. The van der Waals surface area contributed by atoms with Crippen molar-refractivity contribution in [2.75, 3.05) is 24.5 Å². The molecule has 0 aliphatic carbocycles. The second kappa shape index (κ2) is 7.28. The number of thiophene rings is 1. The van der Waals surface area contributed by atoms with Gasteiger partial charge in [-0.25, -0.2) is 14.4 Å². The van der Waals surface area contributed by atoms with Crippen molar-refractivity contribution in [3.63, 3.8) is 0 Å². The number of nitrogens with zero attached hydrogens (tertiary/aromatic N) is 4. The van der Waals surface area contributed by atoms with Gasteiger partial charge < -0.3 is 10.2 Å². The molecule has 0 spiro atoms. The number of fused-ring (bicyclic) bond motifs is 2. The second-order valence-electron chi connectivity index (χ2n) is 6.79. The number of aromatic nitrogens is 2. The minimum absolute atomic E-state index is 0.0445. The van der Waals surface area contributed by atoms with Gasteiger partial charge in [0, 0.05) is 30.1 Å². The monoisotopic (exact) mass is 375 g/mol. The number of anilines is 1. The maximum Gasteiger partial charge on any atom is 0.234 e. The summed E-state index contributed by atoms with van der Waals surface area (Å²) in [4.78, 5) is 25.7. The van der Waals surface area contributed by atoms with E-state index in [2.05, 4.69) is 20.2 Å². The maximum absolute atomic E-state index is 14.5. The zero-order valence-corrected chi connectivity index (χ0v) is 15.5. The first kappa shape index (κ1) is 17.4. The molecule has 2 unspecified atom stereocenters. The van der Waals surface area contributed by atoms with Gasteiger partial charge in [-0.1, -0.05) is 13.0 Å². The summed E-state index contributed by atoms with van der Waals surface area (Å²) >= 11 is 1.64. The van der Waals surface area contributed by atoms with Crippen LogP contribution in [0.25, 0.3) is 0 Å². The van der Waals surface area contributed by atoms with Crippen LogP contribution in [0, 0.1) is 5.82 Å². The molecule has 138 valence electrons. The molecule has 0 aromatic carbocycles. The molecular weight excluding hydrogens is 353 g/mol. The first-order chi connectivity index (χ1) is 12.7. The summed E-state index contributed by atoms with van der Waals surface area (Å²) in [5, 5.41) is 4.98. The fraction of sp³-hybridized carbons (Fsp3) is 0.500. The van der Waals surface area contributed by atoms with E-state index >= 15 is 0 Å². The van der Waals surface area contributed by atoms with Gasteiger partial charge in [-0.05, 0) is 24.3 Å². The molecule has 3 aliphatic heterocycles. The lowest BCUT2D eigenvalue weighted by Crippen LogP contribution is -2.70. The average molecular weight is 375 g/mol. The highest BCUT2D eigenvalue weighted by molar-refractivity contribution is 7.09. The number of rotatable bonds is 6. The van der Waals surface area contributed by atoms with Gasteiger partial charge in [-0.3, -0.25) is 9.69 Å². The molecule has 3 aliphatic rings. The van der Waals surface area contributed by atoms with E-state index in [1.807, 2.05) is 29.3 Å². The Morgan fingerprint density at radius 1 is 1.38 bits per heavy atom. The number of carbonyl (C=O) groups is 1. The van der Waals surface area contributed by atoms with Gasteiger partial charge in [0.2, 0.25) is 5.91 Å². The van der Waals surface area contributed by atoms with E-state index in [-0.39, 0.29) is 23.8 Å². The molecule has 1 N–H and O–H groups in total. The van der Waals surface area contributed by atoms with Gasteiger partial charge in [0.25, 0.3) is 0 Å². The van der Waals surface area contributed by atoms with Crippen LogP contribution in [0.2, 0.25) is 0 Å². The van der Waals surface area contributed by atoms with Gasteiger partial charge in [0.1, 0.15) is 6.33 Å². The number of amides is 1. The number of piperazine rings is 1. The number of piperidine rings is 1. The summed E-state index contributed by atoms with van der Waals surface area (Å²) in [6.45, 7) is 4.27. The Kier molecular flexibility index (Phi) is 4.86. The zero-order valence-electron chi connectivity index (χ0n) is 14.7. The normalized spacial score (nSPS) is 22.2. The van der Waals surface area contributed by atoms with Crippen molar-refractivity contribution >= 4 is 23.1 Å². The Hall–Kier alpha value is -2.06. The van der Waals surface area contributed by atoms with E-state index in [1.54, 1.807) is 11.3 Å². The maximum atomic E-state index is 14.5. The molecule has 3 fully saturated rings. The predicted octanol–water partition coefficient (Wildman–Crippen LogP) is 1.82. The van der Waals surface area contributed by atoms with Crippen molar-refractivity contribution in [3.8, 4) is 0 Å². The van der Waals surface area contributed by atoms with Crippen molar-refractivity contribution in [3.05, 3.63) is 40.2 Å². The number of aryl methyl sites for hydroxylation is 1. The molecule has 5 heterocycles. The van der Waals surface area contributed by atoms with Crippen LogP contribution in [-0.2, 0) is 17.8 Å². The Morgan fingerprint density at radius 3 is 2.88 bits per heavy atom. The van der Waals surface area contributed by atoms with Crippen LogP contribution in [0.1, 0.15) is 23.9 Å². The van der Waals surface area contributed by atoms with Crippen LogP contribution >= 0.6 is 11.3 Å².